The summed E-state index contributed by atoms with van der Waals surface area (Å²) in [7, 11) is 0. The number of aliphatic hydroxyl groups is 1. The quantitative estimate of drug-likeness (QED) is 0.186. The lowest BCUT2D eigenvalue weighted by atomic mass is 9.84. The first kappa shape index (κ1) is 32.8. The zero-order valence-corrected chi connectivity index (χ0v) is 25.5. The van der Waals surface area contributed by atoms with Gasteiger partial charge in [0.1, 0.15) is 12.1 Å². The van der Waals surface area contributed by atoms with Crippen LogP contribution in [0.25, 0.3) is 0 Å². The Balaban J connectivity index is 1.81. The van der Waals surface area contributed by atoms with Gasteiger partial charge in [-0.3, -0.25) is 19.2 Å². The van der Waals surface area contributed by atoms with E-state index in [2.05, 4.69) is 16.0 Å². The predicted octanol–water partition coefficient (Wildman–Crippen LogP) is 2.00. The van der Waals surface area contributed by atoms with Crippen molar-refractivity contribution in [3.8, 4) is 0 Å². The average molecular weight is 578 g/mol. The molecule has 6 N–H and O–H groups in total. The van der Waals surface area contributed by atoms with Crippen LogP contribution in [0.5, 0.6) is 0 Å². The smallest absolute Gasteiger partial charge is 0.315 e. The van der Waals surface area contributed by atoms with Crippen LogP contribution in [0.15, 0.2) is 0 Å². The van der Waals surface area contributed by atoms with Crippen molar-refractivity contribution in [2.75, 3.05) is 13.2 Å². The van der Waals surface area contributed by atoms with Gasteiger partial charge in [-0.05, 0) is 48.9 Å². The molecule has 1 heterocycles. The molecule has 0 radical (unpaired) electrons. The van der Waals surface area contributed by atoms with Gasteiger partial charge in [0, 0.05) is 6.54 Å². The molecule has 3 rings (SSSR count). The second kappa shape index (κ2) is 13.5. The number of ketones is 1. The first-order valence-electron chi connectivity index (χ1n) is 15.3. The van der Waals surface area contributed by atoms with Gasteiger partial charge >= 0.3 is 6.03 Å². The summed E-state index contributed by atoms with van der Waals surface area (Å²) in [5.74, 6) is -2.62. The molecule has 0 bridgehead atoms. The minimum absolute atomic E-state index is 0.0706. The summed E-state index contributed by atoms with van der Waals surface area (Å²) in [6.07, 6.45) is 8.05. The lowest BCUT2D eigenvalue weighted by Crippen LogP contribution is -2.63. The average Bonchev–Trinajstić information content (AvgIpc) is 3.65. The van der Waals surface area contributed by atoms with Crippen molar-refractivity contribution in [1.29, 1.82) is 0 Å². The van der Waals surface area contributed by atoms with Crippen LogP contribution in [0.3, 0.4) is 0 Å². The SMILES string of the molecule is CC(C)[C@H]1CCN(C(=O)[C@@H](NC(=O)NC2(CO)CCCCCC2)C(C)(C)C)C1C(=O)NC(CC1CC1)C(=O)C(N)=O. The number of hydrogen-bond acceptors (Lipinski definition) is 6. The highest BCUT2D eigenvalue weighted by Crippen LogP contribution is 2.36. The molecule has 3 aliphatic rings. The van der Waals surface area contributed by atoms with Gasteiger partial charge < -0.3 is 31.7 Å². The topological polar surface area (TPSA) is 171 Å². The molecule has 232 valence electrons. The summed E-state index contributed by atoms with van der Waals surface area (Å²) in [5.41, 5.74) is 3.87. The molecule has 11 nitrogen and oxygen atoms in total. The van der Waals surface area contributed by atoms with Crippen LogP contribution >= 0.6 is 0 Å². The van der Waals surface area contributed by atoms with Crippen LogP contribution < -0.4 is 21.7 Å². The van der Waals surface area contributed by atoms with Gasteiger partial charge in [0.15, 0.2) is 0 Å². The molecular formula is C30H51N5O6. The largest absolute Gasteiger partial charge is 0.394 e. The third-order valence-electron chi connectivity index (χ3n) is 9.12. The van der Waals surface area contributed by atoms with Gasteiger partial charge in [-0.15, -0.1) is 0 Å². The maximum atomic E-state index is 14.1. The number of urea groups is 1. The van der Waals surface area contributed by atoms with E-state index >= 15 is 0 Å². The van der Waals surface area contributed by atoms with Crippen LogP contribution in [-0.2, 0) is 19.2 Å². The second-order valence-electron chi connectivity index (χ2n) is 13.9. The number of aliphatic hydroxyl groups excluding tert-OH is 1. The highest BCUT2D eigenvalue weighted by molar-refractivity contribution is 6.37. The Hall–Kier alpha value is -2.69. The second-order valence-corrected chi connectivity index (χ2v) is 13.9. The van der Waals surface area contributed by atoms with E-state index in [0.29, 0.717) is 32.2 Å². The van der Waals surface area contributed by atoms with E-state index in [0.717, 1.165) is 38.5 Å². The highest BCUT2D eigenvalue weighted by Gasteiger charge is 2.48. The van der Waals surface area contributed by atoms with Gasteiger partial charge in [-0.1, -0.05) is 73.1 Å². The molecule has 0 spiro atoms. The highest BCUT2D eigenvalue weighted by atomic mass is 16.3. The molecule has 0 aromatic heterocycles. The van der Waals surface area contributed by atoms with Gasteiger partial charge in [0.05, 0.1) is 18.2 Å². The molecule has 1 saturated heterocycles. The van der Waals surface area contributed by atoms with Crippen molar-refractivity contribution in [3.63, 3.8) is 0 Å². The summed E-state index contributed by atoms with van der Waals surface area (Å²) in [6.45, 7) is 9.69. The molecule has 0 aromatic carbocycles. The number of nitrogens with zero attached hydrogens (tertiary/aromatic N) is 1. The minimum Gasteiger partial charge on any atom is -0.394 e. The zero-order valence-electron chi connectivity index (χ0n) is 25.5. The van der Waals surface area contributed by atoms with Crippen LogP contribution in [0.1, 0.15) is 98.8 Å². The summed E-state index contributed by atoms with van der Waals surface area (Å²) >= 11 is 0. The van der Waals surface area contributed by atoms with Gasteiger partial charge in [-0.25, -0.2) is 4.79 Å². The fourth-order valence-corrected chi connectivity index (χ4v) is 6.40. The van der Waals surface area contributed by atoms with Crippen molar-refractivity contribution in [2.24, 2.45) is 28.9 Å². The van der Waals surface area contributed by atoms with Crippen LogP contribution in [0.4, 0.5) is 4.79 Å². The van der Waals surface area contributed by atoms with Crippen molar-refractivity contribution < 1.29 is 29.1 Å². The number of Topliss-reactive ketones (excluding diaryl/α,β-unsaturated/α-hetero) is 1. The Kier molecular flexibility index (Phi) is 10.8. The molecule has 3 fully saturated rings. The number of primary amides is 1. The van der Waals surface area contributed by atoms with E-state index in [1.165, 1.54) is 4.90 Å². The number of carbonyl (C=O) groups is 5. The van der Waals surface area contributed by atoms with Gasteiger partial charge in [-0.2, -0.15) is 0 Å². The third-order valence-corrected chi connectivity index (χ3v) is 9.12. The zero-order chi connectivity index (χ0) is 30.5. The Morgan fingerprint density at radius 2 is 1.59 bits per heavy atom. The molecule has 2 aliphatic carbocycles. The fourth-order valence-electron chi connectivity index (χ4n) is 6.40. The normalized spacial score (nSPS) is 24.2. The molecule has 41 heavy (non-hydrogen) atoms. The van der Waals surface area contributed by atoms with Crippen LogP contribution in [0, 0.1) is 23.2 Å². The van der Waals surface area contributed by atoms with Crippen LogP contribution in [-0.4, -0.2) is 76.4 Å². The molecule has 5 amide bonds. The number of rotatable bonds is 11. The maximum Gasteiger partial charge on any atom is 0.315 e. The van der Waals surface area contributed by atoms with E-state index in [9.17, 15) is 29.1 Å². The summed E-state index contributed by atoms with van der Waals surface area (Å²) in [4.78, 5) is 66.9. The molecule has 0 aromatic rings. The molecule has 1 aliphatic heterocycles. The van der Waals surface area contributed by atoms with E-state index in [4.69, 9.17) is 5.73 Å². The summed E-state index contributed by atoms with van der Waals surface area (Å²) < 4.78 is 0. The molecular weight excluding hydrogens is 526 g/mol. The van der Waals surface area contributed by atoms with Gasteiger partial charge in [0.2, 0.25) is 17.6 Å². The predicted molar refractivity (Wildman–Crippen MR) is 154 cm³/mol. The van der Waals surface area contributed by atoms with E-state index in [1.54, 1.807) is 0 Å². The molecule has 2 saturated carbocycles. The Labute approximate surface area is 244 Å². The Morgan fingerprint density at radius 1 is 0.976 bits per heavy atom. The molecule has 11 heteroatoms. The minimum atomic E-state index is -1.09. The number of likely N-dealkylation sites (tertiary alicyclic amines) is 1. The van der Waals surface area contributed by atoms with E-state index in [-0.39, 0.29) is 30.3 Å². The number of hydrogen-bond donors (Lipinski definition) is 5. The number of nitrogens with one attached hydrogen (secondary N) is 3. The first-order valence-corrected chi connectivity index (χ1v) is 15.3. The summed E-state index contributed by atoms with van der Waals surface area (Å²) in [6, 6.07) is -3.34. The van der Waals surface area contributed by atoms with Crippen molar-refractivity contribution in [3.05, 3.63) is 0 Å². The summed E-state index contributed by atoms with van der Waals surface area (Å²) in [5, 5.41) is 18.8. The number of nitrogens with two attached hydrogens (primary N) is 1. The third kappa shape index (κ3) is 8.42. The fraction of sp³-hybridized carbons (Fsp3) is 0.833. The molecule has 4 atom stereocenters. The van der Waals surface area contributed by atoms with E-state index in [1.807, 2.05) is 34.6 Å². The lowest BCUT2D eigenvalue weighted by Gasteiger charge is -2.38. The Morgan fingerprint density at radius 3 is 2.07 bits per heavy atom. The first-order chi connectivity index (χ1) is 19.2. The Bertz CT molecular complexity index is 980. The number of amides is 5. The lowest BCUT2D eigenvalue weighted by molar-refractivity contribution is -0.144. The monoisotopic (exact) mass is 577 g/mol. The van der Waals surface area contributed by atoms with E-state index < -0.39 is 52.7 Å². The maximum absolute atomic E-state index is 14.1. The van der Waals surface area contributed by atoms with Crippen molar-refractivity contribution >= 4 is 29.5 Å². The van der Waals surface area contributed by atoms with Gasteiger partial charge in [0.25, 0.3) is 5.91 Å². The van der Waals surface area contributed by atoms with Crippen LogP contribution in [0.2, 0.25) is 0 Å². The standard InChI is InChI=1S/C30H51N5O6/c1-18(2)20-12-15-35(22(20)26(39)32-21(16-19-10-11-19)23(37)25(31)38)27(40)24(29(3,4)5)33-28(41)34-30(17-36)13-8-6-7-9-14-30/h18-22,24,36H,6-17H2,1-5H3,(H2,31,38)(H,32,39)(H2,33,34,41)/t20-,21?,22?,24-/m1/s1. The number of carbonyl (C=O) groups excluding carboxylic acids is 5. The van der Waals surface area contributed by atoms with Crippen molar-refractivity contribution in [1.82, 2.24) is 20.9 Å². The molecule has 2 unspecified atom stereocenters. The van der Waals surface area contributed by atoms with Crippen molar-refractivity contribution in [2.45, 2.75) is 122 Å².